The molecule has 0 aliphatic rings. The first-order valence-corrected chi connectivity index (χ1v) is 10.6. The number of aliphatic carboxylic acids is 1. The average molecular weight is 495 g/mol. The van der Waals surface area contributed by atoms with E-state index < -0.39 is 36.1 Å². The number of nitrogens with two attached hydrogens (primary N) is 1. The minimum atomic E-state index is -1.18. The molecule has 1 amide bonds. The van der Waals surface area contributed by atoms with Crippen LogP contribution >= 0.6 is 11.6 Å². The van der Waals surface area contributed by atoms with Crippen molar-refractivity contribution in [3.05, 3.63) is 40.5 Å². The topological polar surface area (TPSA) is 163 Å². The van der Waals surface area contributed by atoms with E-state index in [0.29, 0.717) is 5.56 Å². The van der Waals surface area contributed by atoms with Crippen LogP contribution in [0.25, 0.3) is 11.3 Å². The molecule has 12 heteroatoms. The van der Waals surface area contributed by atoms with Crippen molar-refractivity contribution in [3.63, 3.8) is 0 Å². The van der Waals surface area contributed by atoms with Gasteiger partial charge in [-0.25, -0.2) is 9.59 Å². The number of rotatable bonds is 9. The monoisotopic (exact) mass is 494 g/mol. The van der Waals surface area contributed by atoms with Crippen molar-refractivity contribution in [2.75, 3.05) is 20.3 Å². The molecule has 0 radical (unpaired) electrons. The molecule has 1 atom stereocenters. The number of nitrogens with one attached hydrogen (secondary N) is 1. The van der Waals surface area contributed by atoms with E-state index in [-0.39, 0.29) is 40.9 Å². The molecule has 0 fully saturated rings. The fourth-order valence-electron chi connectivity index (χ4n) is 2.90. The maximum Gasteiger partial charge on any atom is 0.408 e. The van der Waals surface area contributed by atoms with Gasteiger partial charge < -0.3 is 30.4 Å². The number of nitrogens with zero attached hydrogens (tertiary/aromatic N) is 2. The van der Waals surface area contributed by atoms with Crippen LogP contribution in [0.5, 0.6) is 5.75 Å². The van der Waals surface area contributed by atoms with Gasteiger partial charge in [0.25, 0.3) is 0 Å². The molecule has 1 aromatic carbocycles. The van der Waals surface area contributed by atoms with Gasteiger partial charge in [0.15, 0.2) is 5.15 Å². The highest BCUT2D eigenvalue weighted by Gasteiger charge is 2.26. The third kappa shape index (κ3) is 7.56. The number of carboxylic acids is 1. The summed E-state index contributed by atoms with van der Waals surface area (Å²) in [5, 5.41) is 19.8. The number of esters is 1. The Morgan fingerprint density at radius 2 is 1.91 bits per heavy atom. The number of ether oxygens (including phenoxy) is 3. The van der Waals surface area contributed by atoms with Crippen molar-refractivity contribution in [2.45, 2.75) is 38.8 Å². The molecule has 2 rings (SSSR count). The second-order valence-corrected chi connectivity index (χ2v) is 8.47. The summed E-state index contributed by atoms with van der Waals surface area (Å²) < 4.78 is 15.7. The molecule has 0 saturated carbocycles. The average Bonchev–Trinajstić information content (AvgIpc) is 2.75. The van der Waals surface area contributed by atoms with Crippen LogP contribution in [0.3, 0.4) is 0 Å². The molecule has 2 aromatic rings. The number of methoxy groups -OCH3 is 1. The Labute approximate surface area is 201 Å². The van der Waals surface area contributed by atoms with Crippen molar-refractivity contribution in [2.24, 2.45) is 5.73 Å². The highest BCUT2D eigenvalue weighted by atomic mass is 35.5. The lowest BCUT2D eigenvalue weighted by Crippen LogP contribution is -2.36. The number of amides is 1. The first kappa shape index (κ1) is 26.8. The SMILES string of the molecule is COC(=O)c1ccc(-c2cc(C(CC(=O)O)NC(=O)OC(C)(C)C)c(Cl)nn2)c(OCCN)c1. The van der Waals surface area contributed by atoms with Crippen LogP contribution in [-0.4, -0.2) is 59.2 Å². The molecule has 0 aliphatic carbocycles. The Bertz CT molecular complexity index is 1060. The van der Waals surface area contributed by atoms with Crippen molar-refractivity contribution in [1.29, 1.82) is 0 Å². The van der Waals surface area contributed by atoms with E-state index in [1.165, 1.54) is 25.3 Å². The van der Waals surface area contributed by atoms with E-state index in [9.17, 15) is 19.5 Å². The minimum Gasteiger partial charge on any atom is -0.492 e. The largest absolute Gasteiger partial charge is 0.492 e. The van der Waals surface area contributed by atoms with E-state index in [0.717, 1.165) is 0 Å². The number of hydrogen-bond acceptors (Lipinski definition) is 9. The highest BCUT2D eigenvalue weighted by Crippen LogP contribution is 2.33. The number of aromatic nitrogens is 2. The molecule has 184 valence electrons. The lowest BCUT2D eigenvalue weighted by Gasteiger charge is -2.23. The van der Waals surface area contributed by atoms with E-state index in [4.69, 9.17) is 31.5 Å². The van der Waals surface area contributed by atoms with Crippen molar-refractivity contribution in [3.8, 4) is 17.0 Å². The van der Waals surface area contributed by atoms with Gasteiger partial charge in [0.05, 0.1) is 30.8 Å². The fourth-order valence-corrected chi connectivity index (χ4v) is 3.12. The summed E-state index contributed by atoms with van der Waals surface area (Å²) in [5.74, 6) is -1.45. The molecule has 4 N–H and O–H groups in total. The lowest BCUT2D eigenvalue weighted by molar-refractivity contribution is -0.137. The standard InChI is InChI=1S/C22H27ClN4O7/c1-22(2,3)34-21(31)25-15(11-18(28)29)14-10-16(26-27-19(14)23)13-6-5-12(20(30)32-4)9-17(13)33-8-7-24/h5-6,9-10,15H,7-8,11,24H2,1-4H3,(H,25,31)(H,28,29). The molecule has 0 saturated heterocycles. The van der Waals surface area contributed by atoms with Gasteiger partial charge >= 0.3 is 18.0 Å². The summed E-state index contributed by atoms with van der Waals surface area (Å²) in [6.07, 6.45) is -1.30. The van der Waals surface area contributed by atoms with Crippen LogP contribution in [0.4, 0.5) is 4.79 Å². The molecular formula is C22H27ClN4O7. The number of carbonyl (C=O) groups is 3. The van der Waals surface area contributed by atoms with Crippen molar-refractivity contribution < 1.29 is 33.7 Å². The Morgan fingerprint density at radius 3 is 2.50 bits per heavy atom. The zero-order valence-corrected chi connectivity index (χ0v) is 20.0. The maximum atomic E-state index is 12.3. The van der Waals surface area contributed by atoms with Gasteiger partial charge in [-0.2, -0.15) is 0 Å². The molecule has 1 heterocycles. The number of halogens is 1. The summed E-state index contributed by atoms with van der Waals surface area (Å²) in [5.41, 5.74) is 5.91. The van der Waals surface area contributed by atoms with Crippen LogP contribution in [0.2, 0.25) is 5.15 Å². The Hall–Kier alpha value is -3.44. The Balaban J connectivity index is 2.51. The molecule has 0 spiro atoms. The molecule has 34 heavy (non-hydrogen) atoms. The van der Waals surface area contributed by atoms with E-state index in [1.54, 1.807) is 26.8 Å². The van der Waals surface area contributed by atoms with E-state index in [1.807, 2.05) is 0 Å². The number of hydrogen-bond donors (Lipinski definition) is 3. The first-order chi connectivity index (χ1) is 15.9. The van der Waals surface area contributed by atoms with Crippen molar-refractivity contribution in [1.82, 2.24) is 15.5 Å². The summed E-state index contributed by atoms with van der Waals surface area (Å²) >= 11 is 6.22. The second kappa shape index (κ2) is 11.6. The van der Waals surface area contributed by atoms with Crippen LogP contribution in [-0.2, 0) is 14.3 Å². The molecule has 1 aromatic heterocycles. The normalized spacial score (nSPS) is 11.9. The van der Waals surface area contributed by atoms with Gasteiger partial charge in [-0.3, -0.25) is 4.79 Å². The van der Waals surface area contributed by atoms with Gasteiger partial charge in [0.2, 0.25) is 0 Å². The molecular weight excluding hydrogens is 468 g/mol. The first-order valence-electron chi connectivity index (χ1n) is 10.2. The third-order valence-corrected chi connectivity index (χ3v) is 4.57. The van der Waals surface area contributed by atoms with Crippen LogP contribution in [0.1, 0.15) is 49.2 Å². The molecule has 0 bridgehead atoms. The van der Waals surface area contributed by atoms with Gasteiger partial charge in [0.1, 0.15) is 18.0 Å². The Morgan fingerprint density at radius 1 is 1.21 bits per heavy atom. The van der Waals surface area contributed by atoms with Crippen LogP contribution < -0.4 is 15.8 Å². The third-order valence-electron chi connectivity index (χ3n) is 4.28. The van der Waals surface area contributed by atoms with Gasteiger partial charge in [-0.05, 0) is 45.0 Å². The molecule has 1 unspecified atom stereocenters. The van der Waals surface area contributed by atoms with Gasteiger partial charge in [-0.15, -0.1) is 10.2 Å². The number of benzene rings is 1. The highest BCUT2D eigenvalue weighted by molar-refractivity contribution is 6.30. The number of carboxylic acid groups (broad SMARTS) is 1. The van der Waals surface area contributed by atoms with Gasteiger partial charge in [-0.1, -0.05) is 11.6 Å². The smallest absolute Gasteiger partial charge is 0.408 e. The van der Waals surface area contributed by atoms with Crippen LogP contribution in [0, 0.1) is 0 Å². The van der Waals surface area contributed by atoms with Gasteiger partial charge in [0, 0.05) is 17.7 Å². The van der Waals surface area contributed by atoms with Crippen molar-refractivity contribution >= 4 is 29.6 Å². The summed E-state index contributed by atoms with van der Waals surface area (Å²) in [4.78, 5) is 35.7. The van der Waals surface area contributed by atoms with E-state index >= 15 is 0 Å². The zero-order valence-electron chi connectivity index (χ0n) is 19.3. The predicted molar refractivity (Wildman–Crippen MR) is 123 cm³/mol. The molecule has 0 aliphatic heterocycles. The summed E-state index contributed by atoms with van der Waals surface area (Å²) in [6.45, 7) is 5.42. The fraction of sp³-hybridized carbons (Fsp3) is 0.409. The lowest BCUT2D eigenvalue weighted by atomic mass is 10.0. The summed E-state index contributed by atoms with van der Waals surface area (Å²) in [7, 11) is 1.26. The van der Waals surface area contributed by atoms with Crippen LogP contribution in [0.15, 0.2) is 24.3 Å². The Kier molecular flexibility index (Phi) is 9.16. The maximum absolute atomic E-state index is 12.3. The quantitative estimate of drug-likeness (QED) is 0.441. The minimum absolute atomic E-state index is 0.0957. The second-order valence-electron chi connectivity index (χ2n) is 8.11. The van der Waals surface area contributed by atoms with E-state index in [2.05, 4.69) is 15.5 Å². The number of alkyl carbamates (subject to hydrolysis) is 1. The zero-order chi connectivity index (χ0) is 25.5. The summed E-state index contributed by atoms with van der Waals surface area (Å²) in [6, 6.07) is 4.99. The predicted octanol–water partition coefficient (Wildman–Crippen LogP) is 2.96. The number of carbonyl (C=O) groups excluding carboxylic acids is 2. The molecule has 11 nitrogen and oxygen atoms in total.